The number of nitrogens with zero attached hydrogens (tertiary/aromatic N) is 2. The van der Waals surface area contributed by atoms with Crippen LogP contribution in [0.4, 0.5) is 5.69 Å². The molecule has 2 aliphatic rings. The lowest BCUT2D eigenvalue weighted by molar-refractivity contribution is -0.142. The van der Waals surface area contributed by atoms with Gasteiger partial charge in [-0.15, -0.1) is 0 Å². The number of nitrogens with one attached hydrogen (secondary N) is 1. The van der Waals surface area contributed by atoms with E-state index in [9.17, 15) is 22.8 Å². The highest BCUT2D eigenvalue weighted by Gasteiger charge is 2.47. The molecule has 0 aromatic heterocycles. The predicted molar refractivity (Wildman–Crippen MR) is 107 cm³/mol. The summed E-state index contributed by atoms with van der Waals surface area (Å²) >= 11 is 0. The van der Waals surface area contributed by atoms with Crippen molar-refractivity contribution in [2.24, 2.45) is 11.8 Å². The van der Waals surface area contributed by atoms with E-state index in [4.69, 9.17) is 0 Å². The van der Waals surface area contributed by atoms with Crippen LogP contribution in [-0.2, 0) is 24.4 Å². The van der Waals surface area contributed by atoms with Gasteiger partial charge in [-0.3, -0.25) is 19.3 Å². The number of amides is 3. The summed E-state index contributed by atoms with van der Waals surface area (Å²) in [5.74, 6) is -1.87. The van der Waals surface area contributed by atoms with Gasteiger partial charge >= 0.3 is 0 Å². The molecule has 8 nitrogen and oxygen atoms in total. The molecule has 0 radical (unpaired) electrons. The van der Waals surface area contributed by atoms with Crippen molar-refractivity contribution in [1.29, 1.82) is 0 Å². The number of carbonyl (C=O) groups is 3. The molecule has 1 aromatic rings. The first-order valence-electron chi connectivity index (χ1n) is 9.51. The number of fused-ring (bicyclic) bond motifs is 1. The number of hydrogen-bond acceptors (Lipinski definition) is 5. The van der Waals surface area contributed by atoms with E-state index in [-0.39, 0.29) is 41.1 Å². The van der Waals surface area contributed by atoms with Crippen molar-refractivity contribution in [2.75, 3.05) is 18.9 Å². The summed E-state index contributed by atoms with van der Waals surface area (Å²) in [6.07, 6.45) is 4.83. The molecule has 0 saturated carbocycles. The lowest BCUT2D eigenvalue weighted by Crippen LogP contribution is -2.38. The number of sulfonamides is 1. The van der Waals surface area contributed by atoms with Crippen LogP contribution in [-0.4, -0.2) is 55.0 Å². The van der Waals surface area contributed by atoms with E-state index in [1.807, 2.05) is 12.2 Å². The van der Waals surface area contributed by atoms with Gasteiger partial charge in [-0.25, -0.2) is 8.42 Å². The predicted octanol–water partition coefficient (Wildman–Crippen LogP) is 1.61. The van der Waals surface area contributed by atoms with Crippen LogP contribution in [0.3, 0.4) is 0 Å². The molecule has 1 heterocycles. The van der Waals surface area contributed by atoms with Crippen molar-refractivity contribution >= 4 is 33.4 Å². The summed E-state index contributed by atoms with van der Waals surface area (Å²) in [4.78, 5) is 38.3. The molecule has 0 unspecified atom stereocenters. The highest BCUT2D eigenvalue weighted by Crippen LogP contribution is 2.34. The summed E-state index contributed by atoms with van der Waals surface area (Å²) in [6, 6.07) is 5.60. The van der Waals surface area contributed by atoms with Gasteiger partial charge < -0.3 is 5.32 Å². The van der Waals surface area contributed by atoms with E-state index in [1.54, 1.807) is 13.8 Å². The molecule has 1 fully saturated rings. The number of likely N-dealkylation sites (tertiary alicyclic amines) is 1. The Morgan fingerprint density at radius 1 is 1.10 bits per heavy atom. The molecule has 0 spiro atoms. The van der Waals surface area contributed by atoms with E-state index in [2.05, 4.69) is 5.32 Å². The van der Waals surface area contributed by atoms with Gasteiger partial charge in [0.05, 0.1) is 16.7 Å². The zero-order valence-corrected chi connectivity index (χ0v) is 17.5. The Labute approximate surface area is 170 Å². The van der Waals surface area contributed by atoms with Crippen LogP contribution in [0.15, 0.2) is 41.3 Å². The third kappa shape index (κ3) is 4.11. The van der Waals surface area contributed by atoms with Crippen molar-refractivity contribution in [1.82, 2.24) is 9.21 Å². The second-order valence-corrected chi connectivity index (χ2v) is 9.60. The van der Waals surface area contributed by atoms with Gasteiger partial charge in [0.2, 0.25) is 27.7 Å². The van der Waals surface area contributed by atoms with Crippen molar-refractivity contribution in [2.45, 2.75) is 37.6 Å². The van der Waals surface area contributed by atoms with Crippen LogP contribution in [0.25, 0.3) is 0 Å². The average Bonchev–Trinajstić information content (AvgIpc) is 2.93. The lowest BCUT2D eigenvalue weighted by atomic mass is 9.85. The summed E-state index contributed by atoms with van der Waals surface area (Å²) in [6.45, 7) is 3.21. The Kier molecular flexibility index (Phi) is 5.90. The maximum Gasteiger partial charge on any atom is 0.244 e. The first-order valence-corrected chi connectivity index (χ1v) is 10.9. The molecule has 9 heteroatoms. The van der Waals surface area contributed by atoms with Crippen LogP contribution in [0.1, 0.15) is 26.7 Å². The Balaban J connectivity index is 1.64. The minimum absolute atomic E-state index is 0.119. The maximum atomic E-state index is 12.5. The van der Waals surface area contributed by atoms with Gasteiger partial charge in [0.25, 0.3) is 0 Å². The molecule has 3 amide bonds. The highest BCUT2D eigenvalue weighted by molar-refractivity contribution is 7.89. The quantitative estimate of drug-likeness (QED) is 0.557. The number of imide groups is 1. The second kappa shape index (κ2) is 8.08. The van der Waals surface area contributed by atoms with Gasteiger partial charge in [0.1, 0.15) is 6.54 Å². The fourth-order valence-corrected chi connectivity index (χ4v) is 4.89. The first-order chi connectivity index (χ1) is 13.6. The van der Waals surface area contributed by atoms with Gasteiger partial charge in [-0.05, 0) is 51.0 Å². The standard InChI is InChI=1S/C20H25N3O5S/c1-13(2)22(3)29(27,28)15-10-8-14(9-11-15)21-18(24)12-23-19(25)16-6-4-5-7-17(16)20(23)26/h4-5,8-11,13,16-17H,6-7,12H2,1-3H3,(H,21,24)/t16-,17+. The number of carbonyl (C=O) groups excluding carboxylic acids is 3. The number of allylic oxidation sites excluding steroid dienone is 2. The van der Waals surface area contributed by atoms with E-state index in [1.165, 1.54) is 35.6 Å². The van der Waals surface area contributed by atoms with E-state index >= 15 is 0 Å². The molecule has 156 valence electrons. The van der Waals surface area contributed by atoms with Crippen molar-refractivity contribution in [3.63, 3.8) is 0 Å². The summed E-state index contributed by atoms with van der Waals surface area (Å²) in [5.41, 5.74) is 0.388. The molecule has 1 aliphatic heterocycles. The average molecular weight is 420 g/mol. The third-order valence-electron chi connectivity index (χ3n) is 5.44. The van der Waals surface area contributed by atoms with Crippen molar-refractivity contribution in [3.05, 3.63) is 36.4 Å². The Bertz CT molecular complexity index is 927. The van der Waals surface area contributed by atoms with Crippen LogP contribution in [0.2, 0.25) is 0 Å². The number of anilines is 1. The molecule has 0 bridgehead atoms. The van der Waals surface area contributed by atoms with Gasteiger partial charge in [0, 0.05) is 18.8 Å². The fourth-order valence-electron chi connectivity index (χ4n) is 3.52. The minimum atomic E-state index is -3.61. The normalized spacial score (nSPS) is 21.8. The number of rotatable bonds is 6. The van der Waals surface area contributed by atoms with E-state index < -0.39 is 15.9 Å². The van der Waals surface area contributed by atoms with E-state index in [0.29, 0.717) is 18.5 Å². The molecular weight excluding hydrogens is 394 g/mol. The molecule has 1 aliphatic carbocycles. The smallest absolute Gasteiger partial charge is 0.244 e. The summed E-state index contributed by atoms with van der Waals surface area (Å²) < 4.78 is 26.2. The fraction of sp³-hybridized carbons (Fsp3) is 0.450. The van der Waals surface area contributed by atoms with Crippen molar-refractivity contribution in [3.8, 4) is 0 Å². The summed E-state index contributed by atoms with van der Waals surface area (Å²) in [7, 11) is -2.10. The monoisotopic (exact) mass is 419 g/mol. The molecule has 3 rings (SSSR count). The molecule has 2 atom stereocenters. The third-order valence-corrected chi connectivity index (χ3v) is 7.49. The van der Waals surface area contributed by atoms with Crippen LogP contribution < -0.4 is 5.32 Å². The van der Waals surface area contributed by atoms with Crippen LogP contribution >= 0.6 is 0 Å². The Morgan fingerprint density at radius 2 is 1.62 bits per heavy atom. The van der Waals surface area contributed by atoms with Crippen LogP contribution in [0, 0.1) is 11.8 Å². The van der Waals surface area contributed by atoms with Gasteiger partial charge in [-0.2, -0.15) is 4.31 Å². The number of hydrogen-bond donors (Lipinski definition) is 1. The Morgan fingerprint density at radius 3 is 2.10 bits per heavy atom. The molecule has 1 saturated heterocycles. The first kappa shape index (κ1) is 21.2. The van der Waals surface area contributed by atoms with Gasteiger partial charge in [0.15, 0.2) is 0 Å². The lowest BCUT2D eigenvalue weighted by Gasteiger charge is -2.21. The van der Waals surface area contributed by atoms with Crippen LogP contribution in [0.5, 0.6) is 0 Å². The minimum Gasteiger partial charge on any atom is -0.325 e. The summed E-state index contributed by atoms with van der Waals surface area (Å²) in [5, 5.41) is 2.61. The molecule has 29 heavy (non-hydrogen) atoms. The molecule has 1 N–H and O–H groups in total. The molecule has 1 aromatic carbocycles. The van der Waals surface area contributed by atoms with Gasteiger partial charge in [-0.1, -0.05) is 12.2 Å². The SMILES string of the molecule is CC(C)N(C)S(=O)(=O)c1ccc(NC(=O)CN2C(=O)[C@H]3CC=CC[C@H]3C2=O)cc1. The largest absolute Gasteiger partial charge is 0.325 e. The second-order valence-electron chi connectivity index (χ2n) is 7.61. The number of benzene rings is 1. The van der Waals surface area contributed by atoms with E-state index in [0.717, 1.165) is 4.90 Å². The Hall–Kier alpha value is -2.52. The maximum absolute atomic E-state index is 12.5. The van der Waals surface area contributed by atoms with Crippen molar-refractivity contribution < 1.29 is 22.8 Å². The zero-order valence-electron chi connectivity index (χ0n) is 16.7. The topological polar surface area (TPSA) is 104 Å². The highest BCUT2D eigenvalue weighted by atomic mass is 32.2. The molecular formula is C20H25N3O5S. The zero-order chi connectivity index (χ0) is 21.3.